The van der Waals surface area contributed by atoms with Gasteiger partial charge in [0, 0.05) is 6.04 Å². The van der Waals surface area contributed by atoms with E-state index >= 15 is 0 Å². The molecule has 1 heterocycles. The van der Waals surface area contributed by atoms with Crippen molar-refractivity contribution in [3.05, 3.63) is 23.8 Å². The Bertz CT molecular complexity index is 429. The summed E-state index contributed by atoms with van der Waals surface area (Å²) in [6, 6.07) is 4.49. The summed E-state index contributed by atoms with van der Waals surface area (Å²) in [6.45, 7) is 4.05. The van der Waals surface area contributed by atoms with Crippen LogP contribution in [0.3, 0.4) is 0 Å². The minimum Gasteiger partial charge on any atom is -0.395 e. The normalized spacial score (nSPS) is 18.9. The summed E-state index contributed by atoms with van der Waals surface area (Å²) in [5.74, 6) is 0.372. The molecule has 1 aliphatic rings. The number of alkyl halides is 2. The zero-order valence-electron chi connectivity index (χ0n) is 10.2. The van der Waals surface area contributed by atoms with Gasteiger partial charge in [-0.1, -0.05) is 26.3 Å². The maximum atomic E-state index is 12.8. The van der Waals surface area contributed by atoms with Crippen LogP contribution < -0.4 is 15.2 Å². The SMILES string of the molecule is CCC(C)[C@H](N)c1ccc2c(c1)OC(F)(F)O2.Cl. The summed E-state index contributed by atoms with van der Waals surface area (Å²) in [5.41, 5.74) is 6.80. The second-order valence-electron chi connectivity index (χ2n) is 4.28. The Morgan fingerprint density at radius 1 is 1.28 bits per heavy atom. The van der Waals surface area contributed by atoms with Gasteiger partial charge in [-0.15, -0.1) is 21.2 Å². The van der Waals surface area contributed by atoms with E-state index in [0.29, 0.717) is 0 Å². The van der Waals surface area contributed by atoms with Crippen LogP contribution in [0.5, 0.6) is 11.5 Å². The Hall–Kier alpha value is -1.07. The number of fused-ring (bicyclic) bond motifs is 1. The van der Waals surface area contributed by atoms with Crippen molar-refractivity contribution in [1.29, 1.82) is 0 Å². The zero-order valence-corrected chi connectivity index (χ0v) is 11.0. The van der Waals surface area contributed by atoms with Crippen molar-refractivity contribution in [3.63, 3.8) is 0 Å². The number of rotatable bonds is 3. The number of halogens is 3. The number of hydrogen-bond donors (Lipinski definition) is 1. The van der Waals surface area contributed by atoms with Crippen molar-refractivity contribution in [2.75, 3.05) is 0 Å². The molecule has 0 spiro atoms. The average Bonchev–Trinajstić information content (AvgIpc) is 2.59. The molecule has 0 fully saturated rings. The van der Waals surface area contributed by atoms with E-state index in [1.807, 2.05) is 13.8 Å². The van der Waals surface area contributed by atoms with Gasteiger partial charge in [-0.25, -0.2) is 0 Å². The highest BCUT2D eigenvalue weighted by molar-refractivity contribution is 5.85. The fraction of sp³-hybridized carbons (Fsp3) is 0.500. The molecule has 0 radical (unpaired) electrons. The van der Waals surface area contributed by atoms with Gasteiger partial charge in [0.25, 0.3) is 0 Å². The van der Waals surface area contributed by atoms with E-state index in [-0.39, 0.29) is 35.9 Å². The van der Waals surface area contributed by atoms with E-state index in [0.717, 1.165) is 12.0 Å². The quantitative estimate of drug-likeness (QED) is 0.921. The monoisotopic (exact) mass is 279 g/mol. The van der Waals surface area contributed by atoms with E-state index in [1.54, 1.807) is 6.07 Å². The predicted molar refractivity (Wildman–Crippen MR) is 66.3 cm³/mol. The van der Waals surface area contributed by atoms with Gasteiger partial charge in [0.15, 0.2) is 11.5 Å². The Balaban J connectivity index is 0.00000162. The molecule has 0 saturated carbocycles. The molecule has 102 valence electrons. The van der Waals surface area contributed by atoms with Crippen molar-refractivity contribution >= 4 is 12.4 Å². The van der Waals surface area contributed by atoms with Crippen LogP contribution in [0.4, 0.5) is 8.78 Å². The predicted octanol–water partition coefficient (Wildman–Crippen LogP) is 3.48. The van der Waals surface area contributed by atoms with Gasteiger partial charge >= 0.3 is 6.29 Å². The van der Waals surface area contributed by atoms with Crippen LogP contribution in [0.1, 0.15) is 31.9 Å². The van der Waals surface area contributed by atoms with Crippen LogP contribution in [0.15, 0.2) is 18.2 Å². The molecular weight excluding hydrogens is 264 g/mol. The third-order valence-corrected chi connectivity index (χ3v) is 3.07. The van der Waals surface area contributed by atoms with Crippen molar-refractivity contribution < 1.29 is 18.3 Å². The van der Waals surface area contributed by atoms with Crippen LogP contribution in [0.25, 0.3) is 0 Å². The molecule has 18 heavy (non-hydrogen) atoms. The highest BCUT2D eigenvalue weighted by Crippen LogP contribution is 2.42. The first-order chi connectivity index (χ1) is 7.93. The molecule has 0 aliphatic carbocycles. The molecule has 0 aromatic heterocycles. The second-order valence-corrected chi connectivity index (χ2v) is 4.28. The molecule has 0 bridgehead atoms. The smallest absolute Gasteiger partial charge is 0.395 e. The Morgan fingerprint density at radius 2 is 1.89 bits per heavy atom. The molecule has 1 aromatic carbocycles. The lowest BCUT2D eigenvalue weighted by Crippen LogP contribution is -2.26. The minimum absolute atomic E-state index is 0. The summed E-state index contributed by atoms with van der Waals surface area (Å²) in [5, 5.41) is 0. The van der Waals surface area contributed by atoms with Crippen molar-refractivity contribution in [3.8, 4) is 11.5 Å². The molecule has 2 atom stereocenters. The fourth-order valence-corrected chi connectivity index (χ4v) is 1.76. The molecule has 3 nitrogen and oxygen atoms in total. The number of hydrogen-bond acceptors (Lipinski definition) is 3. The van der Waals surface area contributed by atoms with Gasteiger partial charge < -0.3 is 15.2 Å². The zero-order chi connectivity index (χ0) is 12.6. The van der Waals surface area contributed by atoms with Crippen LogP contribution in [-0.4, -0.2) is 6.29 Å². The largest absolute Gasteiger partial charge is 0.586 e. The van der Waals surface area contributed by atoms with Gasteiger partial charge in [0.05, 0.1) is 0 Å². The van der Waals surface area contributed by atoms with Crippen LogP contribution in [-0.2, 0) is 0 Å². The highest BCUT2D eigenvalue weighted by atomic mass is 35.5. The summed E-state index contributed by atoms with van der Waals surface area (Å²) in [6.07, 6.45) is -2.65. The lowest BCUT2D eigenvalue weighted by atomic mass is 9.93. The van der Waals surface area contributed by atoms with E-state index in [4.69, 9.17) is 5.73 Å². The fourth-order valence-electron chi connectivity index (χ4n) is 1.76. The summed E-state index contributed by atoms with van der Waals surface area (Å²) in [4.78, 5) is 0. The first-order valence-electron chi connectivity index (χ1n) is 5.58. The van der Waals surface area contributed by atoms with Gasteiger partial charge in [-0.05, 0) is 23.6 Å². The molecule has 2 rings (SSSR count). The molecule has 0 amide bonds. The van der Waals surface area contributed by atoms with Crippen LogP contribution in [0, 0.1) is 5.92 Å². The van der Waals surface area contributed by atoms with Gasteiger partial charge in [0.2, 0.25) is 0 Å². The Morgan fingerprint density at radius 3 is 2.50 bits per heavy atom. The molecular formula is C12H16ClF2NO2. The summed E-state index contributed by atoms with van der Waals surface area (Å²) < 4.78 is 34.3. The lowest BCUT2D eigenvalue weighted by molar-refractivity contribution is -0.286. The van der Waals surface area contributed by atoms with Crippen molar-refractivity contribution in [2.45, 2.75) is 32.6 Å². The van der Waals surface area contributed by atoms with E-state index in [1.165, 1.54) is 12.1 Å². The van der Waals surface area contributed by atoms with Gasteiger partial charge in [0.1, 0.15) is 0 Å². The summed E-state index contributed by atoms with van der Waals surface area (Å²) >= 11 is 0. The van der Waals surface area contributed by atoms with Gasteiger partial charge in [-0.2, -0.15) is 0 Å². The molecule has 1 aliphatic heterocycles. The summed E-state index contributed by atoms with van der Waals surface area (Å²) in [7, 11) is 0. The third kappa shape index (κ3) is 2.84. The molecule has 1 unspecified atom stereocenters. The molecule has 0 saturated heterocycles. The van der Waals surface area contributed by atoms with Crippen molar-refractivity contribution in [2.24, 2.45) is 11.7 Å². The van der Waals surface area contributed by atoms with Crippen LogP contribution in [0.2, 0.25) is 0 Å². The second kappa shape index (κ2) is 5.28. The topological polar surface area (TPSA) is 44.5 Å². The van der Waals surface area contributed by atoms with Crippen LogP contribution >= 0.6 is 12.4 Å². The first-order valence-corrected chi connectivity index (χ1v) is 5.58. The van der Waals surface area contributed by atoms with E-state index in [2.05, 4.69) is 9.47 Å². The number of benzene rings is 1. The Kier molecular flexibility index (Phi) is 4.40. The maximum absolute atomic E-state index is 12.8. The number of ether oxygens (including phenoxy) is 2. The van der Waals surface area contributed by atoms with Crippen molar-refractivity contribution in [1.82, 2.24) is 0 Å². The van der Waals surface area contributed by atoms with E-state index in [9.17, 15) is 8.78 Å². The Labute approximate surface area is 111 Å². The standard InChI is InChI=1S/C12H15F2NO2.ClH/c1-3-7(2)11(15)8-4-5-9-10(6-8)17-12(13,14)16-9;/h4-7,11H,3,15H2,1-2H3;1H/t7?,11-;/m0./s1. The number of nitrogens with two attached hydrogens (primary N) is 1. The minimum atomic E-state index is -3.57. The third-order valence-electron chi connectivity index (χ3n) is 3.07. The highest BCUT2D eigenvalue weighted by Gasteiger charge is 2.43. The molecule has 2 N–H and O–H groups in total. The molecule has 1 aromatic rings. The van der Waals surface area contributed by atoms with Gasteiger partial charge in [-0.3, -0.25) is 0 Å². The first kappa shape index (κ1) is 15.0. The lowest BCUT2D eigenvalue weighted by Gasteiger charge is -2.18. The molecule has 6 heteroatoms. The van der Waals surface area contributed by atoms with E-state index < -0.39 is 6.29 Å². The maximum Gasteiger partial charge on any atom is 0.586 e. The average molecular weight is 280 g/mol.